The molecule has 5 heteroatoms. The van der Waals surface area contributed by atoms with Gasteiger partial charge in [0.1, 0.15) is 0 Å². The molecule has 2 N–H and O–H groups in total. The fourth-order valence-electron chi connectivity index (χ4n) is 1.56. The highest BCUT2D eigenvalue weighted by molar-refractivity contribution is 5.25. The molecule has 1 aromatic carbocycles. The Labute approximate surface area is 101 Å². The van der Waals surface area contributed by atoms with Gasteiger partial charge in [0.2, 0.25) is 0 Å². The lowest BCUT2D eigenvalue weighted by Crippen LogP contribution is -2.08. The van der Waals surface area contributed by atoms with Gasteiger partial charge in [0, 0.05) is 0 Å². The van der Waals surface area contributed by atoms with E-state index >= 15 is 0 Å². The zero-order valence-electron chi connectivity index (χ0n) is 9.96. The van der Waals surface area contributed by atoms with E-state index in [1.807, 2.05) is 12.1 Å². The predicted molar refractivity (Wildman–Crippen MR) is 65.2 cm³/mol. The van der Waals surface area contributed by atoms with Crippen molar-refractivity contribution in [3.05, 3.63) is 45.5 Å². The van der Waals surface area contributed by atoms with Crippen LogP contribution < -0.4 is 5.73 Å². The zero-order valence-corrected chi connectivity index (χ0v) is 9.96. The lowest BCUT2D eigenvalue weighted by atomic mass is 9.99. The average molecular weight is 238 g/mol. The van der Waals surface area contributed by atoms with Crippen molar-refractivity contribution in [2.45, 2.75) is 25.7 Å². The zero-order chi connectivity index (χ0) is 12.7. The molecule has 0 aliphatic rings. The van der Waals surface area contributed by atoms with Crippen molar-refractivity contribution in [1.29, 1.82) is 0 Å². The van der Waals surface area contributed by atoms with Gasteiger partial charge in [-0.15, -0.1) is 10.1 Å². The molecule has 0 aromatic heterocycles. The van der Waals surface area contributed by atoms with Crippen molar-refractivity contribution in [2.75, 3.05) is 13.2 Å². The van der Waals surface area contributed by atoms with Gasteiger partial charge in [-0.25, -0.2) is 0 Å². The molecular weight excluding hydrogens is 220 g/mol. The smallest absolute Gasteiger partial charge is 0.294 e. The molecule has 1 atom stereocenters. The minimum atomic E-state index is -0.758. The van der Waals surface area contributed by atoms with E-state index in [4.69, 9.17) is 5.73 Å². The second-order valence-corrected chi connectivity index (χ2v) is 4.04. The Kier molecular flexibility index (Phi) is 5.42. The van der Waals surface area contributed by atoms with E-state index in [-0.39, 0.29) is 6.61 Å². The maximum Gasteiger partial charge on any atom is 0.294 e. The van der Waals surface area contributed by atoms with Crippen LogP contribution in [0.3, 0.4) is 0 Å². The van der Waals surface area contributed by atoms with E-state index in [0.29, 0.717) is 18.9 Å². The summed E-state index contributed by atoms with van der Waals surface area (Å²) < 4.78 is 0. The van der Waals surface area contributed by atoms with Gasteiger partial charge in [-0.05, 0) is 36.4 Å². The Balaban J connectivity index is 2.38. The molecule has 17 heavy (non-hydrogen) atoms. The van der Waals surface area contributed by atoms with Crippen LogP contribution in [0.4, 0.5) is 0 Å². The first-order valence-corrected chi connectivity index (χ1v) is 5.69. The first-order chi connectivity index (χ1) is 8.13. The molecule has 1 aromatic rings. The molecule has 0 amide bonds. The Hall–Kier alpha value is -1.62. The van der Waals surface area contributed by atoms with Crippen LogP contribution in [0.25, 0.3) is 0 Å². The summed E-state index contributed by atoms with van der Waals surface area (Å²) in [6.07, 6.45) is 1.43. The molecule has 94 valence electrons. The van der Waals surface area contributed by atoms with Crippen LogP contribution in [0.15, 0.2) is 24.3 Å². The van der Waals surface area contributed by atoms with E-state index in [1.165, 1.54) is 5.56 Å². The second-order valence-electron chi connectivity index (χ2n) is 4.04. The number of nitrogens with two attached hydrogens (primary N) is 1. The minimum Gasteiger partial charge on any atom is -0.330 e. The van der Waals surface area contributed by atoms with E-state index in [0.717, 1.165) is 12.0 Å². The summed E-state index contributed by atoms with van der Waals surface area (Å²) in [5, 5.41) is 9.18. The van der Waals surface area contributed by atoms with Crippen LogP contribution in [0.2, 0.25) is 0 Å². The van der Waals surface area contributed by atoms with Crippen molar-refractivity contribution in [3.63, 3.8) is 0 Å². The number of rotatable bonds is 7. The Bertz CT molecular complexity index is 351. The molecule has 0 bridgehead atoms. The largest absolute Gasteiger partial charge is 0.330 e. The van der Waals surface area contributed by atoms with E-state index in [9.17, 15) is 10.1 Å². The van der Waals surface area contributed by atoms with Crippen LogP contribution in [-0.4, -0.2) is 18.2 Å². The minimum absolute atomic E-state index is 0.147. The van der Waals surface area contributed by atoms with Crippen molar-refractivity contribution < 1.29 is 9.92 Å². The van der Waals surface area contributed by atoms with E-state index < -0.39 is 5.09 Å². The molecule has 5 nitrogen and oxygen atoms in total. The van der Waals surface area contributed by atoms with E-state index in [2.05, 4.69) is 23.9 Å². The maximum absolute atomic E-state index is 9.93. The normalized spacial score (nSPS) is 12.1. The molecule has 0 spiro atoms. The van der Waals surface area contributed by atoms with Crippen molar-refractivity contribution in [1.82, 2.24) is 0 Å². The number of hydrogen-bond donors (Lipinski definition) is 1. The van der Waals surface area contributed by atoms with Crippen LogP contribution in [0, 0.1) is 10.1 Å². The molecule has 1 unspecified atom stereocenters. The highest BCUT2D eigenvalue weighted by atomic mass is 16.9. The number of hydrogen-bond acceptors (Lipinski definition) is 4. The van der Waals surface area contributed by atoms with Gasteiger partial charge in [0.25, 0.3) is 5.09 Å². The van der Waals surface area contributed by atoms with Crippen LogP contribution in [0.5, 0.6) is 0 Å². The van der Waals surface area contributed by atoms with Gasteiger partial charge in [0.15, 0.2) is 0 Å². The maximum atomic E-state index is 9.93. The number of nitrogens with zero attached hydrogens (tertiary/aromatic N) is 1. The van der Waals surface area contributed by atoms with Gasteiger partial charge in [0.05, 0.1) is 6.61 Å². The van der Waals surface area contributed by atoms with Crippen molar-refractivity contribution >= 4 is 0 Å². The van der Waals surface area contributed by atoms with E-state index in [1.54, 1.807) is 0 Å². The lowest BCUT2D eigenvalue weighted by molar-refractivity contribution is -0.757. The van der Waals surface area contributed by atoms with Gasteiger partial charge in [-0.2, -0.15) is 0 Å². The summed E-state index contributed by atoms with van der Waals surface area (Å²) in [5.74, 6) is 0.363. The molecular formula is C12H18N2O3. The quantitative estimate of drug-likeness (QED) is 0.447. The molecule has 0 saturated heterocycles. The summed E-state index contributed by atoms with van der Waals surface area (Å²) >= 11 is 0. The van der Waals surface area contributed by atoms with Crippen LogP contribution in [0.1, 0.15) is 30.4 Å². The van der Waals surface area contributed by atoms with Crippen molar-refractivity contribution in [3.8, 4) is 0 Å². The van der Waals surface area contributed by atoms with Gasteiger partial charge in [-0.3, -0.25) is 0 Å². The molecule has 0 aliphatic carbocycles. The fourth-order valence-corrected chi connectivity index (χ4v) is 1.56. The second kappa shape index (κ2) is 6.85. The number of benzene rings is 1. The fraction of sp³-hybridized carbons (Fsp3) is 0.500. The Morgan fingerprint density at radius 3 is 2.59 bits per heavy atom. The van der Waals surface area contributed by atoms with Crippen LogP contribution in [-0.2, 0) is 11.3 Å². The molecule has 0 aliphatic heterocycles. The molecule has 0 heterocycles. The molecule has 0 saturated carbocycles. The monoisotopic (exact) mass is 238 g/mol. The first kappa shape index (κ1) is 13.4. The summed E-state index contributed by atoms with van der Waals surface area (Å²) in [6.45, 7) is 2.86. The van der Waals surface area contributed by atoms with Gasteiger partial charge in [-0.1, -0.05) is 31.2 Å². The van der Waals surface area contributed by atoms with Crippen LogP contribution >= 0.6 is 0 Å². The summed E-state index contributed by atoms with van der Waals surface area (Å²) in [4.78, 5) is 14.2. The third kappa shape index (κ3) is 4.82. The summed E-state index contributed by atoms with van der Waals surface area (Å²) in [7, 11) is 0. The first-order valence-electron chi connectivity index (χ1n) is 5.69. The average Bonchev–Trinajstić information content (AvgIpc) is 2.34. The summed E-state index contributed by atoms with van der Waals surface area (Å²) in [5.41, 5.74) is 7.97. The highest BCUT2D eigenvalue weighted by Gasteiger charge is 2.02. The summed E-state index contributed by atoms with van der Waals surface area (Å²) in [6, 6.07) is 8.18. The number of aryl methyl sites for hydroxylation is 1. The topological polar surface area (TPSA) is 78.4 Å². The van der Waals surface area contributed by atoms with Crippen molar-refractivity contribution in [2.24, 2.45) is 5.73 Å². The van der Waals surface area contributed by atoms with Gasteiger partial charge < -0.3 is 10.6 Å². The molecule has 1 rings (SSSR count). The Morgan fingerprint density at radius 2 is 2.06 bits per heavy atom. The highest BCUT2D eigenvalue weighted by Crippen LogP contribution is 2.15. The van der Waals surface area contributed by atoms with Gasteiger partial charge >= 0.3 is 0 Å². The predicted octanol–water partition coefficient (Wildman–Crippen LogP) is 1.89. The molecule has 0 radical (unpaired) electrons. The molecule has 0 fully saturated rings. The lowest BCUT2D eigenvalue weighted by Gasteiger charge is -2.09. The third-order valence-electron chi connectivity index (χ3n) is 2.71. The third-order valence-corrected chi connectivity index (χ3v) is 2.71. The standard InChI is InChI=1S/C12H18N2O3/c1-10(9-13)12-6-4-11(5-7-12)3-2-8-17-14(15)16/h4-7,10H,2-3,8-9,13H2,1H3. The SMILES string of the molecule is CC(CN)c1ccc(CCCO[N+](=O)[O-])cc1. The Morgan fingerprint density at radius 1 is 1.41 bits per heavy atom.